The molecule has 0 aliphatic rings. The summed E-state index contributed by atoms with van der Waals surface area (Å²) >= 11 is 0. The molecule has 1 unspecified atom stereocenters. The molecule has 0 aromatic heterocycles. The topological polar surface area (TPSA) is 55.1 Å². The number of carbonyl (C=O) groups is 1. The van der Waals surface area contributed by atoms with E-state index in [1.807, 2.05) is 0 Å². The molecule has 0 heterocycles. The van der Waals surface area contributed by atoms with E-state index in [0.717, 1.165) is 12.1 Å². The van der Waals surface area contributed by atoms with Crippen LogP contribution in [0.2, 0.25) is 0 Å². The second kappa shape index (κ2) is 4.87. The van der Waals surface area contributed by atoms with Crippen molar-refractivity contribution in [1.29, 1.82) is 0 Å². The van der Waals surface area contributed by atoms with E-state index in [0.29, 0.717) is 0 Å². The van der Waals surface area contributed by atoms with Crippen LogP contribution >= 0.6 is 0 Å². The van der Waals surface area contributed by atoms with Crippen molar-refractivity contribution < 1.29 is 18.0 Å². The van der Waals surface area contributed by atoms with Gasteiger partial charge in [-0.15, -0.1) is 0 Å². The Bertz CT molecular complexity index is 396. The van der Waals surface area contributed by atoms with Crippen molar-refractivity contribution in [2.75, 3.05) is 5.32 Å². The summed E-state index contributed by atoms with van der Waals surface area (Å²) in [6.45, 7) is 1.28. The number of rotatable bonds is 4. The van der Waals surface area contributed by atoms with Crippen LogP contribution in [-0.2, 0) is 0 Å². The number of anilines is 1. The molecule has 88 valence electrons. The quantitative estimate of drug-likeness (QED) is 0.834. The molecule has 0 saturated carbocycles. The Kier molecular flexibility index (Phi) is 3.76. The summed E-state index contributed by atoms with van der Waals surface area (Å²) in [5.74, 6) is -1.71. The Hall–Kier alpha value is -1.72. The second-order valence-corrected chi connectivity index (χ2v) is 3.33. The van der Waals surface area contributed by atoms with Crippen molar-refractivity contribution in [3.8, 4) is 0 Å². The highest BCUT2D eigenvalue weighted by Gasteiger charge is 2.15. The van der Waals surface area contributed by atoms with Gasteiger partial charge < -0.3 is 11.1 Å². The maximum absolute atomic E-state index is 13.0. The number of carbonyl (C=O) groups excluding carboxylic acids is 1. The minimum Gasteiger partial charge on any atom is -0.377 e. The molecule has 3 N–H and O–H groups in total. The van der Waals surface area contributed by atoms with Gasteiger partial charge in [0.05, 0.1) is 11.6 Å². The van der Waals surface area contributed by atoms with E-state index >= 15 is 0 Å². The molecule has 1 amide bonds. The number of amides is 1. The van der Waals surface area contributed by atoms with Gasteiger partial charge in [0.15, 0.2) is 0 Å². The van der Waals surface area contributed by atoms with Crippen LogP contribution in [0.15, 0.2) is 18.2 Å². The standard InChI is InChI=1S/C10H11F3N2O/c1-5(9(12)13)15-6-2-3-8(11)7(4-6)10(14)16/h2-5,9,15H,1H3,(H2,14,16). The highest BCUT2D eigenvalue weighted by molar-refractivity contribution is 5.94. The van der Waals surface area contributed by atoms with Crippen molar-refractivity contribution in [3.63, 3.8) is 0 Å². The van der Waals surface area contributed by atoms with Gasteiger partial charge in [-0.05, 0) is 25.1 Å². The minimum absolute atomic E-state index is 0.225. The number of alkyl halides is 2. The molecule has 0 fully saturated rings. The highest BCUT2D eigenvalue weighted by atomic mass is 19.3. The molecule has 1 atom stereocenters. The maximum Gasteiger partial charge on any atom is 0.258 e. The first-order valence-corrected chi connectivity index (χ1v) is 4.56. The summed E-state index contributed by atoms with van der Waals surface area (Å²) in [6, 6.07) is 2.28. The molecule has 0 aliphatic heterocycles. The van der Waals surface area contributed by atoms with Gasteiger partial charge in [-0.2, -0.15) is 0 Å². The summed E-state index contributed by atoms with van der Waals surface area (Å²) in [7, 11) is 0. The summed E-state index contributed by atoms with van der Waals surface area (Å²) in [5.41, 5.74) is 4.82. The number of nitrogens with one attached hydrogen (secondary N) is 1. The number of benzene rings is 1. The fraction of sp³-hybridized carbons (Fsp3) is 0.300. The fourth-order valence-corrected chi connectivity index (χ4v) is 1.13. The van der Waals surface area contributed by atoms with Crippen LogP contribution in [0.25, 0.3) is 0 Å². The van der Waals surface area contributed by atoms with Gasteiger partial charge in [0, 0.05) is 5.69 Å². The summed E-state index contributed by atoms with van der Waals surface area (Å²) in [6.07, 6.45) is -2.55. The van der Waals surface area contributed by atoms with Gasteiger partial charge >= 0.3 is 0 Å². The Morgan fingerprint density at radius 2 is 2.06 bits per heavy atom. The van der Waals surface area contributed by atoms with Gasteiger partial charge in [-0.3, -0.25) is 4.79 Å². The normalized spacial score (nSPS) is 12.6. The van der Waals surface area contributed by atoms with Gasteiger partial charge in [0.25, 0.3) is 12.3 Å². The van der Waals surface area contributed by atoms with Gasteiger partial charge in [-0.25, -0.2) is 13.2 Å². The third kappa shape index (κ3) is 2.88. The number of primary amides is 1. The average molecular weight is 232 g/mol. The van der Waals surface area contributed by atoms with E-state index in [2.05, 4.69) is 5.32 Å². The lowest BCUT2D eigenvalue weighted by Crippen LogP contribution is -2.24. The highest BCUT2D eigenvalue weighted by Crippen LogP contribution is 2.16. The third-order valence-corrected chi connectivity index (χ3v) is 2.00. The maximum atomic E-state index is 13.0. The SMILES string of the molecule is CC(Nc1ccc(F)c(C(N)=O)c1)C(F)F. The molecule has 0 aliphatic carbocycles. The molecule has 16 heavy (non-hydrogen) atoms. The first-order chi connectivity index (χ1) is 7.41. The number of hydrogen-bond donors (Lipinski definition) is 2. The lowest BCUT2D eigenvalue weighted by molar-refractivity contribution is 0.0996. The molecule has 0 spiro atoms. The predicted octanol–water partition coefficient (Wildman–Crippen LogP) is 1.99. The van der Waals surface area contributed by atoms with E-state index < -0.39 is 24.2 Å². The number of nitrogens with two attached hydrogens (primary N) is 1. The molecule has 3 nitrogen and oxygen atoms in total. The van der Waals surface area contributed by atoms with Crippen LogP contribution in [-0.4, -0.2) is 18.4 Å². The van der Waals surface area contributed by atoms with Crippen molar-refractivity contribution in [3.05, 3.63) is 29.6 Å². The van der Waals surface area contributed by atoms with E-state index in [-0.39, 0.29) is 11.3 Å². The summed E-state index contributed by atoms with van der Waals surface area (Å²) in [5, 5.41) is 2.44. The molecule has 1 aromatic rings. The monoisotopic (exact) mass is 232 g/mol. The van der Waals surface area contributed by atoms with Crippen LogP contribution in [0.4, 0.5) is 18.9 Å². The van der Waals surface area contributed by atoms with Crippen LogP contribution in [0.5, 0.6) is 0 Å². The largest absolute Gasteiger partial charge is 0.377 e. The Morgan fingerprint density at radius 1 is 1.44 bits per heavy atom. The first-order valence-electron chi connectivity index (χ1n) is 4.56. The van der Waals surface area contributed by atoms with Gasteiger partial charge in [0.2, 0.25) is 0 Å². The number of halogens is 3. The second-order valence-electron chi connectivity index (χ2n) is 3.33. The Balaban J connectivity index is 2.91. The van der Waals surface area contributed by atoms with E-state index in [1.165, 1.54) is 13.0 Å². The smallest absolute Gasteiger partial charge is 0.258 e. The molecule has 0 bridgehead atoms. The van der Waals surface area contributed by atoms with Crippen molar-refractivity contribution in [2.45, 2.75) is 19.4 Å². The van der Waals surface area contributed by atoms with Crippen LogP contribution in [0.3, 0.4) is 0 Å². The van der Waals surface area contributed by atoms with Gasteiger partial charge in [0.1, 0.15) is 5.82 Å². The molecule has 0 saturated heterocycles. The van der Waals surface area contributed by atoms with Crippen LogP contribution in [0, 0.1) is 5.82 Å². The molecular formula is C10H11F3N2O. The van der Waals surface area contributed by atoms with E-state index in [1.54, 1.807) is 0 Å². The lowest BCUT2D eigenvalue weighted by atomic mass is 10.1. The van der Waals surface area contributed by atoms with Crippen LogP contribution < -0.4 is 11.1 Å². The minimum atomic E-state index is -2.55. The molecular weight excluding hydrogens is 221 g/mol. The first kappa shape index (κ1) is 12.4. The Labute approximate surface area is 90.4 Å². The van der Waals surface area contributed by atoms with Crippen molar-refractivity contribution in [2.24, 2.45) is 5.73 Å². The molecule has 6 heteroatoms. The molecule has 1 aromatic carbocycles. The van der Waals surface area contributed by atoms with E-state index in [4.69, 9.17) is 5.73 Å². The fourth-order valence-electron chi connectivity index (χ4n) is 1.13. The van der Waals surface area contributed by atoms with Crippen molar-refractivity contribution >= 4 is 11.6 Å². The summed E-state index contributed by atoms with van der Waals surface area (Å²) in [4.78, 5) is 10.8. The zero-order valence-electron chi connectivity index (χ0n) is 8.51. The zero-order valence-corrected chi connectivity index (χ0v) is 8.51. The van der Waals surface area contributed by atoms with E-state index in [9.17, 15) is 18.0 Å². The number of hydrogen-bond acceptors (Lipinski definition) is 2. The predicted molar refractivity (Wildman–Crippen MR) is 54.0 cm³/mol. The van der Waals surface area contributed by atoms with Crippen LogP contribution in [0.1, 0.15) is 17.3 Å². The summed E-state index contributed by atoms with van der Waals surface area (Å²) < 4.78 is 37.5. The lowest BCUT2D eigenvalue weighted by Gasteiger charge is -2.14. The Morgan fingerprint density at radius 3 is 2.56 bits per heavy atom. The average Bonchev–Trinajstić information content (AvgIpc) is 2.20. The zero-order chi connectivity index (χ0) is 12.3. The third-order valence-electron chi connectivity index (χ3n) is 2.00. The molecule has 0 radical (unpaired) electrons. The molecule has 1 rings (SSSR count). The van der Waals surface area contributed by atoms with Crippen molar-refractivity contribution in [1.82, 2.24) is 0 Å². The van der Waals surface area contributed by atoms with Gasteiger partial charge in [-0.1, -0.05) is 0 Å².